The summed E-state index contributed by atoms with van der Waals surface area (Å²) >= 11 is 0. The zero-order valence-corrected chi connectivity index (χ0v) is 11.7. The molecule has 1 aromatic rings. The van der Waals surface area contributed by atoms with Gasteiger partial charge in [0.05, 0.1) is 18.5 Å². The maximum Gasteiger partial charge on any atom is 0.225 e. The zero-order chi connectivity index (χ0) is 14.2. The minimum Gasteiger partial charge on any atom is -0.475 e. The van der Waals surface area contributed by atoms with Gasteiger partial charge in [0.1, 0.15) is 6.61 Å². The molecule has 2 heterocycles. The second-order valence-corrected chi connectivity index (χ2v) is 4.77. The molecular formula is C14H21N3O3. The standard InChI is InChI=1S/C14H21N3O3/c1-19-7-8-20-14-5-4-12(10-16-14)17-13(18)9-11-3-2-6-15-11/h4-5,10-11,15H,2-3,6-9H2,1H3,(H,17,18). The molecule has 0 spiro atoms. The maximum absolute atomic E-state index is 11.8. The van der Waals surface area contributed by atoms with Gasteiger partial charge in [-0.2, -0.15) is 0 Å². The van der Waals surface area contributed by atoms with Gasteiger partial charge in [-0.05, 0) is 25.5 Å². The van der Waals surface area contributed by atoms with Crippen molar-refractivity contribution in [1.82, 2.24) is 10.3 Å². The molecule has 110 valence electrons. The van der Waals surface area contributed by atoms with Gasteiger partial charge in [0.2, 0.25) is 11.8 Å². The van der Waals surface area contributed by atoms with Crippen LogP contribution < -0.4 is 15.4 Å². The number of pyridine rings is 1. The largest absolute Gasteiger partial charge is 0.475 e. The Hall–Kier alpha value is -1.66. The topological polar surface area (TPSA) is 72.5 Å². The van der Waals surface area contributed by atoms with E-state index >= 15 is 0 Å². The van der Waals surface area contributed by atoms with Crippen molar-refractivity contribution in [2.45, 2.75) is 25.3 Å². The lowest BCUT2D eigenvalue weighted by Crippen LogP contribution is -2.27. The highest BCUT2D eigenvalue weighted by molar-refractivity contribution is 5.90. The molecule has 0 aromatic carbocycles. The molecule has 2 rings (SSSR count). The van der Waals surface area contributed by atoms with Gasteiger partial charge < -0.3 is 20.1 Å². The van der Waals surface area contributed by atoms with Crippen molar-refractivity contribution in [2.24, 2.45) is 0 Å². The van der Waals surface area contributed by atoms with Crippen LogP contribution in [0.4, 0.5) is 5.69 Å². The van der Waals surface area contributed by atoms with Crippen molar-refractivity contribution in [3.8, 4) is 5.88 Å². The van der Waals surface area contributed by atoms with E-state index in [-0.39, 0.29) is 5.91 Å². The summed E-state index contributed by atoms with van der Waals surface area (Å²) in [6.07, 6.45) is 4.32. The molecule has 6 heteroatoms. The maximum atomic E-state index is 11.8. The van der Waals surface area contributed by atoms with Crippen LogP contribution in [0.3, 0.4) is 0 Å². The molecule has 1 aromatic heterocycles. The molecule has 1 aliphatic rings. The lowest BCUT2D eigenvalue weighted by atomic mass is 10.1. The van der Waals surface area contributed by atoms with Gasteiger partial charge in [-0.15, -0.1) is 0 Å². The van der Waals surface area contributed by atoms with E-state index in [1.165, 1.54) is 0 Å². The second kappa shape index (κ2) is 7.81. The number of methoxy groups -OCH3 is 1. The van der Waals surface area contributed by atoms with Crippen LogP contribution in [0.15, 0.2) is 18.3 Å². The van der Waals surface area contributed by atoms with Crippen molar-refractivity contribution in [3.05, 3.63) is 18.3 Å². The third kappa shape index (κ3) is 4.79. The van der Waals surface area contributed by atoms with Crippen LogP contribution in [-0.4, -0.2) is 43.8 Å². The Bertz CT molecular complexity index is 416. The van der Waals surface area contributed by atoms with Crippen LogP contribution in [0, 0.1) is 0 Å². The van der Waals surface area contributed by atoms with Gasteiger partial charge in [0, 0.05) is 25.6 Å². The van der Waals surface area contributed by atoms with Gasteiger partial charge in [-0.1, -0.05) is 0 Å². The highest BCUT2D eigenvalue weighted by Gasteiger charge is 2.17. The number of carbonyl (C=O) groups is 1. The predicted octanol–water partition coefficient (Wildman–Crippen LogP) is 1.19. The lowest BCUT2D eigenvalue weighted by Gasteiger charge is -2.10. The number of hydrogen-bond acceptors (Lipinski definition) is 5. The molecule has 6 nitrogen and oxygen atoms in total. The van der Waals surface area contributed by atoms with E-state index in [9.17, 15) is 4.79 Å². The van der Waals surface area contributed by atoms with Gasteiger partial charge in [-0.25, -0.2) is 4.98 Å². The highest BCUT2D eigenvalue weighted by atomic mass is 16.5. The van der Waals surface area contributed by atoms with E-state index < -0.39 is 0 Å². The molecule has 1 fully saturated rings. The van der Waals surface area contributed by atoms with Crippen molar-refractivity contribution in [2.75, 3.05) is 32.2 Å². The van der Waals surface area contributed by atoms with Crippen LogP contribution in [-0.2, 0) is 9.53 Å². The Labute approximate surface area is 118 Å². The Morgan fingerprint density at radius 2 is 2.40 bits per heavy atom. The quantitative estimate of drug-likeness (QED) is 0.733. The first kappa shape index (κ1) is 14.7. The van der Waals surface area contributed by atoms with Crippen LogP contribution in [0.25, 0.3) is 0 Å². The van der Waals surface area contributed by atoms with E-state index in [0.717, 1.165) is 19.4 Å². The smallest absolute Gasteiger partial charge is 0.225 e. The summed E-state index contributed by atoms with van der Waals surface area (Å²) in [6, 6.07) is 3.83. The van der Waals surface area contributed by atoms with Crippen LogP contribution in [0.5, 0.6) is 5.88 Å². The average molecular weight is 279 g/mol. The molecule has 1 saturated heterocycles. The molecule has 1 amide bonds. The number of anilines is 1. The van der Waals surface area contributed by atoms with Crippen molar-refractivity contribution in [3.63, 3.8) is 0 Å². The normalized spacial score (nSPS) is 17.9. The number of ether oxygens (including phenoxy) is 2. The Kier molecular flexibility index (Phi) is 5.76. The van der Waals surface area contributed by atoms with E-state index in [4.69, 9.17) is 9.47 Å². The number of hydrogen-bond donors (Lipinski definition) is 2. The summed E-state index contributed by atoms with van der Waals surface area (Å²) in [7, 11) is 1.62. The molecular weight excluding hydrogens is 258 g/mol. The third-order valence-corrected chi connectivity index (χ3v) is 3.15. The molecule has 0 saturated carbocycles. The fourth-order valence-electron chi connectivity index (χ4n) is 2.14. The molecule has 1 aliphatic heterocycles. The van der Waals surface area contributed by atoms with Gasteiger partial charge in [-0.3, -0.25) is 4.79 Å². The van der Waals surface area contributed by atoms with Gasteiger partial charge in [0.25, 0.3) is 0 Å². The van der Waals surface area contributed by atoms with Crippen LogP contribution in [0.2, 0.25) is 0 Å². The fourth-order valence-corrected chi connectivity index (χ4v) is 2.14. The van der Waals surface area contributed by atoms with Crippen LogP contribution >= 0.6 is 0 Å². The zero-order valence-electron chi connectivity index (χ0n) is 11.7. The van der Waals surface area contributed by atoms with Crippen molar-refractivity contribution < 1.29 is 14.3 Å². The number of amides is 1. The summed E-state index contributed by atoms with van der Waals surface area (Å²) in [5, 5.41) is 6.14. The summed E-state index contributed by atoms with van der Waals surface area (Å²) in [4.78, 5) is 16.0. The summed E-state index contributed by atoms with van der Waals surface area (Å²) in [5.74, 6) is 0.539. The number of rotatable bonds is 7. The molecule has 0 radical (unpaired) electrons. The Morgan fingerprint density at radius 1 is 1.50 bits per heavy atom. The average Bonchev–Trinajstić information content (AvgIpc) is 2.94. The van der Waals surface area contributed by atoms with Gasteiger partial charge in [0.15, 0.2) is 0 Å². The summed E-state index contributed by atoms with van der Waals surface area (Å²) < 4.78 is 10.2. The lowest BCUT2D eigenvalue weighted by molar-refractivity contribution is -0.116. The minimum atomic E-state index is 0.0132. The predicted molar refractivity (Wildman–Crippen MR) is 75.9 cm³/mol. The first-order chi connectivity index (χ1) is 9.78. The van der Waals surface area contributed by atoms with E-state index in [2.05, 4.69) is 15.6 Å². The number of carbonyl (C=O) groups excluding carboxylic acids is 1. The molecule has 1 unspecified atom stereocenters. The van der Waals surface area contributed by atoms with E-state index in [0.29, 0.717) is 37.2 Å². The highest BCUT2D eigenvalue weighted by Crippen LogP contribution is 2.13. The summed E-state index contributed by atoms with van der Waals surface area (Å²) in [5.41, 5.74) is 0.687. The first-order valence-electron chi connectivity index (χ1n) is 6.89. The number of nitrogens with zero attached hydrogens (tertiary/aromatic N) is 1. The van der Waals surface area contributed by atoms with Crippen LogP contribution in [0.1, 0.15) is 19.3 Å². The molecule has 1 atom stereocenters. The van der Waals surface area contributed by atoms with E-state index in [1.54, 1.807) is 25.4 Å². The molecule has 0 bridgehead atoms. The third-order valence-electron chi connectivity index (χ3n) is 3.15. The Balaban J connectivity index is 1.76. The molecule has 0 aliphatic carbocycles. The van der Waals surface area contributed by atoms with Crippen molar-refractivity contribution >= 4 is 11.6 Å². The second-order valence-electron chi connectivity index (χ2n) is 4.77. The number of aromatic nitrogens is 1. The van der Waals surface area contributed by atoms with Crippen molar-refractivity contribution in [1.29, 1.82) is 0 Å². The SMILES string of the molecule is COCCOc1ccc(NC(=O)CC2CCCN2)cn1. The molecule has 2 N–H and O–H groups in total. The monoisotopic (exact) mass is 279 g/mol. The fraction of sp³-hybridized carbons (Fsp3) is 0.571. The van der Waals surface area contributed by atoms with E-state index in [1.807, 2.05) is 0 Å². The Morgan fingerprint density at radius 3 is 3.05 bits per heavy atom. The summed E-state index contributed by atoms with van der Waals surface area (Å²) in [6.45, 7) is 1.99. The first-order valence-corrected chi connectivity index (χ1v) is 6.89. The minimum absolute atomic E-state index is 0.0132. The number of nitrogens with one attached hydrogen (secondary N) is 2. The van der Waals surface area contributed by atoms with Gasteiger partial charge >= 0.3 is 0 Å². The molecule has 20 heavy (non-hydrogen) atoms.